The minimum Gasteiger partial charge on any atom is -0.464 e. The average Bonchev–Trinajstić information content (AvgIpc) is 3.33. The number of benzene rings is 1. The third kappa shape index (κ3) is 5.72. The summed E-state index contributed by atoms with van der Waals surface area (Å²) >= 11 is 0. The van der Waals surface area contributed by atoms with Gasteiger partial charge in [-0.3, -0.25) is 9.59 Å². The summed E-state index contributed by atoms with van der Waals surface area (Å²) in [6.45, 7) is 4.68. The molecule has 0 heterocycles. The zero-order valence-corrected chi connectivity index (χ0v) is 13.2. The number of carbonyl (C=O) groups excluding carboxylic acids is 2. The van der Waals surface area contributed by atoms with Crippen LogP contribution in [0.2, 0.25) is 0 Å². The van der Waals surface area contributed by atoms with Crippen LogP contribution < -0.4 is 5.32 Å². The number of nitrogens with one attached hydrogen (secondary N) is 1. The van der Waals surface area contributed by atoms with Crippen molar-refractivity contribution in [1.82, 2.24) is 5.32 Å². The Kier molecular flexibility index (Phi) is 5.75. The van der Waals surface area contributed by atoms with Gasteiger partial charge in [-0.2, -0.15) is 0 Å². The van der Waals surface area contributed by atoms with Crippen molar-refractivity contribution in [3.63, 3.8) is 0 Å². The van der Waals surface area contributed by atoms with Crippen LogP contribution in [0.4, 0.5) is 0 Å². The first-order chi connectivity index (χ1) is 10.5. The van der Waals surface area contributed by atoms with E-state index in [1.165, 1.54) is 11.6 Å². The number of carbonyl (C=O) groups is 2. The highest BCUT2D eigenvalue weighted by Crippen LogP contribution is 2.28. The molecule has 2 rings (SSSR count). The molecule has 1 saturated carbocycles. The number of hydrogen-bond donors (Lipinski definition) is 1. The normalized spacial score (nSPS) is 14.3. The first-order valence-electron chi connectivity index (χ1n) is 7.76. The van der Waals surface area contributed by atoms with Crippen molar-refractivity contribution in [3.8, 4) is 0 Å². The van der Waals surface area contributed by atoms with Crippen molar-refractivity contribution in [1.29, 1.82) is 0 Å². The lowest BCUT2D eigenvalue weighted by Crippen LogP contribution is -2.29. The minimum atomic E-state index is -0.380. The van der Waals surface area contributed by atoms with Crippen LogP contribution in [0.15, 0.2) is 30.3 Å². The van der Waals surface area contributed by atoms with E-state index in [4.69, 9.17) is 4.74 Å². The van der Waals surface area contributed by atoms with E-state index in [1.54, 1.807) is 6.08 Å². The minimum absolute atomic E-state index is 0.0812. The van der Waals surface area contributed by atoms with Gasteiger partial charge >= 0.3 is 5.97 Å². The van der Waals surface area contributed by atoms with E-state index in [-0.39, 0.29) is 18.4 Å². The predicted molar refractivity (Wildman–Crippen MR) is 86.3 cm³/mol. The molecule has 1 aromatic carbocycles. The van der Waals surface area contributed by atoms with Crippen LogP contribution in [0.3, 0.4) is 0 Å². The van der Waals surface area contributed by atoms with Crippen molar-refractivity contribution < 1.29 is 14.3 Å². The van der Waals surface area contributed by atoms with Gasteiger partial charge in [-0.05, 0) is 41.9 Å². The maximum Gasteiger partial charge on any atom is 0.325 e. The van der Waals surface area contributed by atoms with E-state index < -0.39 is 0 Å². The number of amides is 1. The summed E-state index contributed by atoms with van der Waals surface area (Å²) in [5.74, 6) is 0.350. The molecule has 0 saturated heterocycles. The van der Waals surface area contributed by atoms with E-state index in [0.29, 0.717) is 18.4 Å². The van der Waals surface area contributed by atoms with Crippen molar-refractivity contribution in [3.05, 3.63) is 41.5 Å². The summed E-state index contributed by atoms with van der Waals surface area (Å²) < 4.78 is 5.04. The van der Waals surface area contributed by atoms with Gasteiger partial charge in [0, 0.05) is 6.08 Å². The lowest BCUT2D eigenvalue weighted by molar-refractivity contribution is -0.144. The van der Waals surface area contributed by atoms with Gasteiger partial charge in [-0.25, -0.2) is 0 Å². The summed E-state index contributed by atoms with van der Waals surface area (Å²) in [4.78, 5) is 23.0. The molecule has 118 valence electrons. The quantitative estimate of drug-likeness (QED) is 0.622. The Morgan fingerprint density at radius 1 is 1.27 bits per heavy atom. The molecule has 1 aliphatic carbocycles. The molecule has 1 aliphatic rings. The summed E-state index contributed by atoms with van der Waals surface area (Å²) in [7, 11) is 0. The molecule has 1 aromatic rings. The van der Waals surface area contributed by atoms with Crippen LogP contribution in [-0.4, -0.2) is 25.0 Å². The van der Waals surface area contributed by atoms with E-state index in [9.17, 15) is 9.59 Å². The Morgan fingerprint density at radius 3 is 2.55 bits per heavy atom. The van der Waals surface area contributed by atoms with Crippen molar-refractivity contribution in [2.45, 2.75) is 32.6 Å². The van der Waals surface area contributed by atoms with E-state index in [1.807, 2.05) is 12.1 Å². The Labute approximate surface area is 131 Å². The van der Waals surface area contributed by atoms with Crippen molar-refractivity contribution >= 4 is 18.0 Å². The monoisotopic (exact) mass is 301 g/mol. The molecule has 0 aliphatic heterocycles. The largest absolute Gasteiger partial charge is 0.464 e. The van der Waals surface area contributed by atoms with Crippen LogP contribution in [-0.2, 0) is 14.3 Å². The lowest BCUT2D eigenvalue weighted by Gasteiger charge is -2.05. The van der Waals surface area contributed by atoms with Gasteiger partial charge in [0.1, 0.15) is 6.54 Å². The first kappa shape index (κ1) is 16.3. The molecule has 0 radical (unpaired) electrons. The molecule has 4 heteroatoms. The van der Waals surface area contributed by atoms with Crippen LogP contribution in [0.25, 0.3) is 6.08 Å². The fraction of sp³-hybridized carbons (Fsp3) is 0.444. The second-order valence-electron chi connectivity index (χ2n) is 6.00. The fourth-order valence-corrected chi connectivity index (χ4v) is 1.93. The number of rotatable bonds is 7. The highest BCUT2D eigenvalue weighted by molar-refractivity contribution is 5.93. The summed E-state index contributed by atoms with van der Waals surface area (Å²) in [6, 6.07) is 8.06. The molecular weight excluding hydrogens is 278 g/mol. The van der Waals surface area contributed by atoms with Crippen LogP contribution >= 0.6 is 0 Å². The maximum absolute atomic E-state index is 11.6. The van der Waals surface area contributed by atoms with E-state index in [2.05, 4.69) is 31.3 Å². The van der Waals surface area contributed by atoms with Gasteiger partial charge in [0.05, 0.1) is 6.61 Å². The molecule has 0 spiro atoms. The van der Waals surface area contributed by atoms with Gasteiger partial charge < -0.3 is 10.1 Å². The van der Waals surface area contributed by atoms with Gasteiger partial charge in [0.2, 0.25) is 5.91 Å². The number of esters is 1. The number of ether oxygens (including phenoxy) is 1. The Morgan fingerprint density at radius 2 is 1.95 bits per heavy atom. The van der Waals surface area contributed by atoms with Crippen LogP contribution in [0.5, 0.6) is 0 Å². The molecule has 0 atom stereocenters. The highest BCUT2D eigenvalue weighted by Gasteiger charge is 2.22. The average molecular weight is 301 g/mol. The maximum atomic E-state index is 11.6. The molecule has 0 unspecified atom stereocenters. The predicted octanol–water partition coefficient (Wildman–Crippen LogP) is 2.89. The molecule has 0 bridgehead atoms. The molecule has 0 aromatic heterocycles. The standard InChI is InChI=1S/C18H23NO3/c1-13(2)16-8-5-14(6-9-16)7-10-17(20)19-11-18(21)22-12-15-3-4-15/h5-10,13,15H,3-4,11-12H2,1-2H3,(H,19,20)/b10-7+. The topological polar surface area (TPSA) is 55.4 Å². The van der Waals surface area contributed by atoms with Crippen molar-refractivity contribution in [2.24, 2.45) is 5.92 Å². The van der Waals surface area contributed by atoms with Crippen molar-refractivity contribution in [2.75, 3.05) is 13.2 Å². The van der Waals surface area contributed by atoms with Gasteiger partial charge in [0.15, 0.2) is 0 Å². The lowest BCUT2D eigenvalue weighted by atomic mass is 10.0. The van der Waals surface area contributed by atoms with Crippen LogP contribution in [0, 0.1) is 5.92 Å². The molecule has 1 fully saturated rings. The molecular formula is C18H23NO3. The fourth-order valence-electron chi connectivity index (χ4n) is 1.93. The third-order valence-electron chi connectivity index (χ3n) is 3.61. The van der Waals surface area contributed by atoms with E-state index in [0.717, 1.165) is 18.4 Å². The van der Waals surface area contributed by atoms with Crippen LogP contribution in [0.1, 0.15) is 43.7 Å². The van der Waals surface area contributed by atoms with E-state index >= 15 is 0 Å². The number of hydrogen-bond acceptors (Lipinski definition) is 3. The van der Waals surface area contributed by atoms with Gasteiger partial charge in [0.25, 0.3) is 0 Å². The Bertz CT molecular complexity index is 542. The molecule has 22 heavy (non-hydrogen) atoms. The third-order valence-corrected chi connectivity index (χ3v) is 3.61. The first-order valence-corrected chi connectivity index (χ1v) is 7.76. The smallest absolute Gasteiger partial charge is 0.325 e. The Balaban J connectivity index is 1.71. The second kappa shape index (κ2) is 7.78. The zero-order chi connectivity index (χ0) is 15.9. The molecule has 1 amide bonds. The summed E-state index contributed by atoms with van der Waals surface area (Å²) in [6.07, 6.45) is 5.43. The highest BCUT2D eigenvalue weighted by atomic mass is 16.5. The molecule has 4 nitrogen and oxygen atoms in total. The van der Waals surface area contributed by atoms with Gasteiger partial charge in [-0.15, -0.1) is 0 Å². The SMILES string of the molecule is CC(C)c1ccc(/C=C/C(=O)NCC(=O)OCC2CC2)cc1. The summed E-state index contributed by atoms with van der Waals surface area (Å²) in [5, 5.41) is 2.53. The Hall–Kier alpha value is -2.10. The second-order valence-corrected chi connectivity index (χ2v) is 6.00. The van der Waals surface area contributed by atoms with Gasteiger partial charge in [-0.1, -0.05) is 38.1 Å². The molecule has 1 N–H and O–H groups in total. The summed E-state index contributed by atoms with van der Waals surface area (Å²) in [5.41, 5.74) is 2.22. The zero-order valence-electron chi connectivity index (χ0n) is 13.2.